The second kappa shape index (κ2) is 10.9. The Morgan fingerprint density at radius 1 is 0.744 bits per heavy atom. The summed E-state index contributed by atoms with van der Waals surface area (Å²) in [6, 6.07) is 20.2. The maximum atomic E-state index is 13.0. The minimum Gasteiger partial charge on any atom is -0.443 e. The topological polar surface area (TPSA) is 97.6 Å². The SMILES string of the molecule is CN(C(=O)OC(C)(C)C)c1cc(C(=O)Nc2ccc(-c3cc(C(=O)Nc4ccccc4)n(C)c3)cc2)n(C)c1. The van der Waals surface area contributed by atoms with Crippen LogP contribution in [-0.2, 0) is 18.8 Å². The second-order valence-corrected chi connectivity index (χ2v) is 10.3. The Morgan fingerprint density at radius 2 is 1.28 bits per heavy atom. The molecule has 0 bridgehead atoms. The number of benzene rings is 2. The highest BCUT2D eigenvalue weighted by atomic mass is 16.6. The summed E-state index contributed by atoms with van der Waals surface area (Å²) in [5, 5.41) is 5.80. The summed E-state index contributed by atoms with van der Waals surface area (Å²) in [6.45, 7) is 5.40. The van der Waals surface area contributed by atoms with Crippen molar-refractivity contribution in [2.45, 2.75) is 26.4 Å². The summed E-state index contributed by atoms with van der Waals surface area (Å²) < 4.78 is 8.85. The van der Waals surface area contributed by atoms with Crippen molar-refractivity contribution in [3.8, 4) is 11.1 Å². The molecule has 0 aliphatic heterocycles. The molecule has 0 saturated carbocycles. The molecule has 2 aromatic heterocycles. The van der Waals surface area contributed by atoms with Gasteiger partial charge in [0, 0.05) is 50.5 Å². The number of rotatable bonds is 6. The number of anilines is 3. The number of amides is 3. The molecule has 0 saturated heterocycles. The van der Waals surface area contributed by atoms with Crippen LogP contribution in [0.2, 0.25) is 0 Å². The van der Waals surface area contributed by atoms with Crippen LogP contribution in [0.5, 0.6) is 0 Å². The van der Waals surface area contributed by atoms with E-state index < -0.39 is 11.7 Å². The van der Waals surface area contributed by atoms with E-state index in [9.17, 15) is 14.4 Å². The first kappa shape index (κ1) is 27.3. The zero-order chi connectivity index (χ0) is 28.3. The molecule has 9 nitrogen and oxygen atoms in total. The van der Waals surface area contributed by atoms with Gasteiger partial charge in [-0.05, 0) is 62.7 Å². The van der Waals surface area contributed by atoms with Gasteiger partial charge < -0.3 is 24.5 Å². The van der Waals surface area contributed by atoms with Gasteiger partial charge in [-0.3, -0.25) is 14.5 Å². The number of carbonyl (C=O) groups is 3. The van der Waals surface area contributed by atoms with Crippen LogP contribution >= 0.6 is 0 Å². The number of ether oxygens (including phenoxy) is 1. The standard InChI is InChI=1S/C30H33N5O4/c1-30(2,3)39-29(38)35(6)24-17-26(34(5)19-24)28(37)32-23-14-12-20(13-15-23)21-16-25(33(4)18-21)27(36)31-22-10-8-7-9-11-22/h7-19H,1-6H3,(H,31,36)(H,32,37). The lowest BCUT2D eigenvalue weighted by Crippen LogP contribution is -2.33. The molecule has 202 valence electrons. The Bertz CT molecular complexity index is 1490. The lowest BCUT2D eigenvalue weighted by Gasteiger charge is -2.23. The van der Waals surface area contributed by atoms with Crippen molar-refractivity contribution < 1.29 is 19.1 Å². The molecule has 39 heavy (non-hydrogen) atoms. The fraction of sp³-hybridized carbons (Fsp3) is 0.233. The maximum Gasteiger partial charge on any atom is 0.414 e. The molecule has 0 radical (unpaired) electrons. The smallest absolute Gasteiger partial charge is 0.414 e. The third kappa shape index (κ3) is 6.56. The maximum absolute atomic E-state index is 13.0. The average Bonchev–Trinajstić information content (AvgIpc) is 3.46. The molecule has 2 heterocycles. The first-order valence-electron chi connectivity index (χ1n) is 12.5. The number of hydrogen-bond acceptors (Lipinski definition) is 4. The van der Waals surface area contributed by atoms with E-state index in [0.717, 1.165) is 16.8 Å². The van der Waals surface area contributed by atoms with Gasteiger partial charge >= 0.3 is 6.09 Å². The number of carbonyl (C=O) groups excluding carboxylic acids is 3. The Hall–Kier alpha value is -4.79. The molecule has 9 heteroatoms. The van der Waals surface area contributed by atoms with E-state index in [2.05, 4.69) is 10.6 Å². The molecule has 0 fully saturated rings. The first-order valence-corrected chi connectivity index (χ1v) is 12.5. The van der Waals surface area contributed by atoms with Crippen molar-refractivity contribution in [3.05, 3.63) is 90.5 Å². The van der Waals surface area contributed by atoms with Gasteiger partial charge in [-0.15, -0.1) is 0 Å². The minimum absolute atomic E-state index is 0.196. The molecule has 2 aromatic carbocycles. The number of hydrogen-bond donors (Lipinski definition) is 2. The van der Waals surface area contributed by atoms with Crippen LogP contribution in [0.3, 0.4) is 0 Å². The van der Waals surface area contributed by atoms with Gasteiger partial charge in [-0.2, -0.15) is 0 Å². The minimum atomic E-state index is -0.623. The lowest BCUT2D eigenvalue weighted by atomic mass is 10.1. The molecule has 4 aromatic rings. The van der Waals surface area contributed by atoms with Crippen molar-refractivity contribution in [1.82, 2.24) is 9.13 Å². The summed E-state index contributed by atoms with van der Waals surface area (Å²) >= 11 is 0. The fourth-order valence-corrected chi connectivity index (χ4v) is 4.00. The van der Waals surface area contributed by atoms with Gasteiger partial charge in [-0.25, -0.2) is 4.79 Å². The molecule has 0 spiro atoms. The molecule has 0 unspecified atom stereocenters. The van der Waals surface area contributed by atoms with Crippen molar-refractivity contribution in [2.75, 3.05) is 22.6 Å². The molecular formula is C30H33N5O4. The first-order chi connectivity index (χ1) is 18.4. The third-order valence-electron chi connectivity index (χ3n) is 6.02. The zero-order valence-corrected chi connectivity index (χ0v) is 23.0. The van der Waals surface area contributed by atoms with Crippen LogP contribution in [0, 0.1) is 0 Å². The molecule has 0 atom stereocenters. The van der Waals surface area contributed by atoms with Crippen LogP contribution in [0.1, 0.15) is 41.7 Å². The van der Waals surface area contributed by atoms with Gasteiger partial charge in [-0.1, -0.05) is 30.3 Å². The zero-order valence-electron chi connectivity index (χ0n) is 23.0. The van der Waals surface area contributed by atoms with Gasteiger partial charge in [0.15, 0.2) is 0 Å². The fourth-order valence-electron chi connectivity index (χ4n) is 4.00. The van der Waals surface area contributed by atoms with E-state index in [4.69, 9.17) is 4.74 Å². The third-order valence-corrected chi connectivity index (χ3v) is 6.02. The summed E-state index contributed by atoms with van der Waals surface area (Å²) in [6.07, 6.45) is 3.08. The average molecular weight is 528 g/mol. The summed E-state index contributed by atoms with van der Waals surface area (Å²) in [5.74, 6) is -0.508. The molecule has 0 aliphatic rings. The summed E-state index contributed by atoms with van der Waals surface area (Å²) in [5.41, 5.74) is 3.97. The van der Waals surface area contributed by atoms with E-state index in [0.29, 0.717) is 22.8 Å². The Labute approximate surface area is 228 Å². The second-order valence-electron chi connectivity index (χ2n) is 10.3. The predicted molar refractivity (Wildman–Crippen MR) is 153 cm³/mol. The number of aromatic nitrogens is 2. The van der Waals surface area contributed by atoms with E-state index in [1.165, 1.54) is 4.90 Å². The van der Waals surface area contributed by atoms with E-state index in [-0.39, 0.29) is 11.8 Å². The van der Waals surface area contributed by atoms with Gasteiger partial charge in [0.05, 0.1) is 5.69 Å². The van der Waals surface area contributed by atoms with Gasteiger partial charge in [0.2, 0.25) is 0 Å². The molecule has 4 rings (SSSR count). The van der Waals surface area contributed by atoms with E-state index in [1.807, 2.05) is 61.8 Å². The monoisotopic (exact) mass is 527 g/mol. The summed E-state index contributed by atoms with van der Waals surface area (Å²) in [7, 11) is 5.17. The van der Waals surface area contributed by atoms with E-state index >= 15 is 0 Å². The van der Waals surface area contributed by atoms with Gasteiger partial charge in [0.1, 0.15) is 17.0 Å². The van der Waals surface area contributed by atoms with Crippen molar-refractivity contribution in [2.24, 2.45) is 14.1 Å². The van der Waals surface area contributed by atoms with Gasteiger partial charge in [0.25, 0.3) is 11.8 Å². The van der Waals surface area contributed by atoms with Crippen molar-refractivity contribution in [3.63, 3.8) is 0 Å². The van der Waals surface area contributed by atoms with Crippen LogP contribution in [0.25, 0.3) is 11.1 Å². The molecule has 2 N–H and O–H groups in total. The van der Waals surface area contributed by atoms with Crippen molar-refractivity contribution >= 4 is 35.0 Å². The Balaban J connectivity index is 1.43. The quantitative estimate of drug-likeness (QED) is 0.326. The number of nitrogens with one attached hydrogen (secondary N) is 2. The predicted octanol–water partition coefficient (Wildman–Crippen LogP) is 5.91. The molecule has 0 aliphatic carbocycles. The van der Waals surface area contributed by atoms with E-state index in [1.54, 1.807) is 68.4 Å². The Kier molecular flexibility index (Phi) is 7.62. The highest BCUT2D eigenvalue weighted by Gasteiger charge is 2.23. The largest absolute Gasteiger partial charge is 0.443 e. The van der Waals surface area contributed by atoms with Crippen LogP contribution < -0.4 is 15.5 Å². The Morgan fingerprint density at radius 3 is 1.87 bits per heavy atom. The number of aryl methyl sites for hydroxylation is 2. The normalized spacial score (nSPS) is 11.1. The van der Waals surface area contributed by atoms with Crippen LogP contribution in [-0.4, -0.2) is 39.7 Å². The highest BCUT2D eigenvalue weighted by molar-refractivity contribution is 6.05. The van der Waals surface area contributed by atoms with Crippen molar-refractivity contribution in [1.29, 1.82) is 0 Å². The van der Waals surface area contributed by atoms with Crippen LogP contribution in [0.4, 0.5) is 21.9 Å². The highest BCUT2D eigenvalue weighted by Crippen LogP contribution is 2.25. The molecular weight excluding hydrogens is 494 g/mol. The molecule has 3 amide bonds. The van der Waals surface area contributed by atoms with Crippen LogP contribution in [0.15, 0.2) is 79.1 Å². The number of nitrogens with zero attached hydrogens (tertiary/aromatic N) is 3. The number of para-hydroxylation sites is 1. The summed E-state index contributed by atoms with van der Waals surface area (Å²) in [4.78, 5) is 39.5. The lowest BCUT2D eigenvalue weighted by molar-refractivity contribution is 0.0589.